The molecule has 0 aliphatic carbocycles. The average Bonchev–Trinajstić information content (AvgIpc) is 3.49. The van der Waals surface area contributed by atoms with E-state index in [1.165, 1.54) is 22.0 Å². The van der Waals surface area contributed by atoms with Gasteiger partial charge >= 0.3 is 0 Å². The van der Waals surface area contributed by atoms with E-state index in [9.17, 15) is 4.79 Å². The van der Waals surface area contributed by atoms with Gasteiger partial charge in [0.25, 0.3) is 0 Å². The summed E-state index contributed by atoms with van der Waals surface area (Å²) in [7, 11) is 0. The third-order valence-electron chi connectivity index (χ3n) is 6.91. The summed E-state index contributed by atoms with van der Waals surface area (Å²) in [6, 6.07) is 6.37. The Bertz CT molecular complexity index is 944. The van der Waals surface area contributed by atoms with Crippen molar-refractivity contribution >= 4 is 46.7 Å². The second-order valence-electron chi connectivity index (χ2n) is 9.03. The molecule has 0 bridgehead atoms. The lowest BCUT2D eigenvalue weighted by Crippen LogP contribution is -2.57. The minimum atomic E-state index is -0.0279. The molecule has 1 unspecified atom stereocenters. The summed E-state index contributed by atoms with van der Waals surface area (Å²) < 4.78 is 0. The van der Waals surface area contributed by atoms with Crippen molar-refractivity contribution < 1.29 is 4.79 Å². The maximum absolute atomic E-state index is 12.8. The highest BCUT2D eigenvalue weighted by atomic mass is 127. The summed E-state index contributed by atoms with van der Waals surface area (Å²) >= 11 is 0. The fraction of sp³-hybridized carbons (Fsp3) is 0.600. The minimum absolute atomic E-state index is 0. The van der Waals surface area contributed by atoms with Gasteiger partial charge in [0.05, 0.1) is 6.04 Å². The maximum Gasteiger partial charge on any atom is 0.239 e. The molecule has 0 spiro atoms. The quantitative estimate of drug-likeness (QED) is 0.320. The van der Waals surface area contributed by atoms with Crippen molar-refractivity contribution in [1.29, 1.82) is 0 Å². The molecule has 2 aliphatic rings. The zero-order chi connectivity index (χ0) is 22.5. The van der Waals surface area contributed by atoms with Gasteiger partial charge in [-0.3, -0.25) is 14.7 Å². The number of nitrogens with zero attached hydrogens (tertiary/aromatic N) is 4. The summed E-state index contributed by atoms with van der Waals surface area (Å²) in [5.41, 5.74) is 3.84. The molecular formula is C25H39IN6O. The number of hydrogen-bond donors (Lipinski definition) is 2. The molecule has 1 aromatic heterocycles. The van der Waals surface area contributed by atoms with Crippen LogP contribution >= 0.6 is 24.0 Å². The van der Waals surface area contributed by atoms with E-state index in [0.29, 0.717) is 5.91 Å². The second kappa shape index (κ2) is 12.1. The van der Waals surface area contributed by atoms with Crippen molar-refractivity contribution in [2.75, 3.05) is 52.4 Å². The molecule has 3 heterocycles. The first-order chi connectivity index (χ1) is 15.6. The van der Waals surface area contributed by atoms with E-state index in [-0.39, 0.29) is 30.0 Å². The van der Waals surface area contributed by atoms with Gasteiger partial charge in [0.2, 0.25) is 5.91 Å². The largest absolute Gasteiger partial charge is 0.361 e. The van der Waals surface area contributed by atoms with Gasteiger partial charge in [0.1, 0.15) is 0 Å². The van der Waals surface area contributed by atoms with Gasteiger partial charge in [-0.2, -0.15) is 0 Å². The second-order valence-corrected chi connectivity index (χ2v) is 9.03. The van der Waals surface area contributed by atoms with Crippen LogP contribution in [0.4, 0.5) is 0 Å². The summed E-state index contributed by atoms with van der Waals surface area (Å²) in [6.45, 7) is 13.4. The lowest BCUT2D eigenvalue weighted by molar-refractivity contribution is -0.135. The molecule has 2 N–H and O–H groups in total. The number of aliphatic imine (C=N–C) groups is 1. The number of nitrogens with one attached hydrogen (secondary N) is 2. The van der Waals surface area contributed by atoms with Crippen molar-refractivity contribution in [3.63, 3.8) is 0 Å². The number of carbonyl (C=O) groups is 1. The van der Waals surface area contributed by atoms with Crippen LogP contribution in [0.5, 0.6) is 0 Å². The molecule has 2 fully saturated rings. The molecule has 8 heteroatoms. The van der Waals surface area contributed by atoms with Crippen LogP contribution in [-0.2, 0) is 11.2 Å². The Morgan fingerprint density at radius 2 is 1.85 bits per heavy atom. The van der Waals surface area contributed by atoms with Gasteiger partial charge in [-0.15, -0.1) is 24.0 Å². The van der Waals surface area contributed by atoms with Gasteiger partial charge < -0.3 is 20.1 Å². The topological polar surface area (TPSA) is 67.0 Å². The lowest BCUT2D eigenvalue weighted by Gasteiger charge is -2.39. The first-order valence-corrected chi connectivity index (χ1v) is 12.2. The predicted octanol–water partition coefficient (Wildman–Crippen LogP) is 3.23. The average molecular weight is 567 g/mol. The zero-order valence-corrected chi connectivity index (χ0v) is 22.6. The first-order valence-electron chi connectivity index (χ1n) is 12.2. The van der Waals surface area contributed by atoms with Gasteiger partial charge in [-0.1, -0.05) is 12.1 Å². The standard InChI is InChI=1S/C25H38N6O.HI/c1-4-26-25(27-11-10-21-18-28-22-9-7-8-19(2)23(21)22)31-16-14-29(15-17-31)20(3)24(32)30-12-5-6-13-30;/h7-9,18,20,28H,4-6,10-17H2,1-3H3,(H,26,27);1H. The number of aromatic amines is 1. The summed E-state index contributed by atoms with van der Waals surface area (Å²) in [5.74, 6) is 1.28. The van der Waals surface area contributed by atoms with E-state index in [0.717, 1.165) is 77.6 Å². The zero-order valence-electron chi connectivity index (χ0n) is 20.3. The molecule has 7 nitrogen and oxygen atoms in total. The van der Waals surface area contributed by atoms with Crippen molar-refractivity contribution in [2.45, 2.75) is 46.1 Å². The molecule has 2 aliphatic heterocycles. The summed E-state index contributed by atoms with van der Waals surface area (Å²) in [6.07, 6.45) is 5.33. The number of fused-ring (bicyclic) bond motifs is 1. The number of guanidine groups is 1. The number of aryl methyl sites for hydroxylation is 1. The Labute approximate surface area is 215 Å². The van der Waals surface area contributed by atoms with Crippen molar-refractivity contribution in [3.8, 4) is 0 Å². The van der Waals surface area contributed by atoms with E-state index >= 15 is 0 Å². The monoisotopic (exact) mass is 566 g/mol. The molecule has 33 heavy (non-hydrogen) atoms. The van der Waals surface area contributed by atoms with Crippen LogP contribution in [0.15, 0.2) is 29.4 Å². The van der Waals surface area contributed by atoms with Gasteiger partial charge in [0, 0.05) is 69.5 Å². The smallest absolute Gasteiger partial charge is 0.239 e. The van der Waals surface area contributed by atoms with Crippen molar-refractivity contribution in [2.24, 2.45) is 4.99 Å². The number of halogens is 1. The van der Waals surface area contributed by atoms with E-state index in [4.69, 9.17) is 4.99 Å². The van der Waals surface area contributed by atoms with E-state index < -0.39 is 0 Å². The minimum Gasteiger partial charge on any atom is -0.361 e. The summed E-state index contributed by atoms with van der Waals surface area (Å²) in [4.78, 5) is 27.8. The molecule has 1 atom stereocenters. The van der Waals surface area contributed by atoms with Gasteiger partial charge in [-0.25, -0.2) is 0 Å². The maximum atomic E-state index is 12.8. The predicted molar refractivity (Wildman–Crippen MR) is 147 cm³/mol. The highest BCUT2D eigenvalue weighted by Gasteiger charge is 2.30. The molecular weight excluding hydrogens is 527 g/mol. The number of benzene rings is 1. The van der Waals surface area contributed by atoms with E-state index in [1.807, 2.05) is 4.90 Å². The molecule has 1 amide bonds. The Kier molecular flexibility index (Phi) is 9.43. The Morgan fingerprint density at radius 1 is 1.12 bits per heavy atom. The molecule has 1 aromatic carbocycles. The van der Waals surface area contributed by atoms with Gasteiger partial charge in [0.15, 0.2) is 5.96 Å². The van der Waals surface area contributed by atoms with Gasteiger partial charge in [-0.05, 0) is 57.2 Å². The van der Waals surface area contributed by atoms with Crippen molar-refractivity contribution in [1.82, 2.24) is 25.0 Å². The normalized spacial score (nSPS) is 18.5. The molecule has 0 radical (unpaired) electrons. The molecule has 182 valence electrons. The van der Waals surface area contributed by atoms with Crippen LogP contribution in [0.3, 0.4) is 0 Å². The van der Waals surface area contributed by atoms with Crippen molar-refractivity contribution in [3.05, 3.63) is 35.5 Å². The SMILES string of the molecule is CCNC(=NCCc1c[nH]c2cccc(C)c12)N1CCN(C(C)C(=O)N2CCCC2)CC1.I. The lowest BCUT2D eigenvalue weighted by atomic mass is 10.1. The van der Waals surface area contributed by atoms with E-state index in [2.05, 4.69) is 65.3 Å². The molecule has 2 aromatic rings. The number of piperazine rings is 1. The summed E-state index contributed by atoms with van der Waals surface area (Å²) in [5, 5.41) is 4.80. The number of H-pyrrole nitrogens is 1. The number of likely N-dealkylation sites (tertiary alicyclic amines) is 1. The number of rotatable bonds is 6. The number of aromatic nitrogens is 1. The molecule has 4 rings (SSSR count). The Balaban J connectivity index is 0.00000306. The fourth-order valence-corrected chi connectivity index (χ4v) is 5.04. The van der Waals surface area contributed by atoms with Crippen LogP contribution in [0, 0.1) is 6.92 Å². The first kappa shape index (κ1) is 25.8. The van der Waals surface area contributed by atoms with Crippen LogP contribution in [-0.4, -0.2) is 90.0 Å². The third-order valence-corrected chi connectivity index (χ3v) is 6.91. The highest BCUT2D eigenvalue weighted by Crippen LogP contribution is 2.22. The third kappa shape index (κ3) is 6.01. The van der Waals surface area contributed by atoms with Crippen LogP contribution in [0.2, 0.25) is 0 Å². The van der Waals surface area contributed by atoms with E-state index in [1.54, 1.807) is 0 Å². The van der Waals surface area contributed by atoms with Crippen LogP contribution in [0.1, 0.15) is 37.8 Å². The molecule has 2 saturated heterocycles. The van der Waals surface area contributed by atoms with Crippen LogP contribution < -0.4 is 5.32 Å². The number of amides is 1. The number of hydrogen-bond acceptors (Lipinski definition) is 3. The molecule has 0 saturated carbocycles. The van der Waals surface area contributed by atoms with Crippen LogP contribution in [0.25, 0.3) is 10.9 Å². The highest BCUT2D eigenvalue weighted by molar-refractivity contribution is 14.0. The Morgan fingerprint density at radius 3 is 2.55 bits per heavy atom. The number of carbonyl (C=O) groups excluding carboxylic acids is 1. The fourth-order valence-electron chi connectivity index (χ4n) is 5.04. The Hall–Kier alpha value is -1.81.